The highest BCUT2D eigenvalue weighted by molar-refractivity contribution is 5.95. The fourth-order valence-electron chi connectivity index (χ4n) is 3.34. The van der Waals surface area contributed by atoms with Gasteiger partial charge in [-0.15, -0.1) is 0 Å². The summed E-state index contributed by atoms with van der Waals surface area (Å²) in [6.45, 7) is 10.3. The van der Waals surface area contributed by atoms with E-state index in [0.717, 1.165) is 12.0 Å². The van der Waals surface area contributed by atoms with Gasteiger partial charge in [-0.25, -0.2) is 9.59 Å². The van der Waals surface area contributed by atoms with Gasteiger partial charge in [0.25, 0.3) is 0 Å². The van der Waals surface area contributed by atoms with Crippen molar-refractivity contribution >= 4 is 23.6 Å². The van der Waals surface area contributed by atoms with Gasteiger partial charge in [0.05, 0.1) is 18.7 Å². The molecule has 1 aliphatic rings. The van der Waals surface area contributed by atoms with Crippen LogP contribution in [0.1, 0.15) is 59.1 Å². The van der Waals surface area contributed by atoms with E-state index in [1.54, 1.807) is 36.1 Å². The summed E-state index contributed by atoms with van der Waals surface area (Å²) in [5.41, 5.74) is 2.31. The monoisotopic (exact) mass is 401 g/mol. The molecule has 1 aliphatic heterocycles. The van der Waals surface area contributed by atoms with Crippen molar-refractivity contribution in [3.8, 4) is 0 Å². The van der Waals surface area contributed by atoms with Crippen LogP contribution in [0.4, 0.5) is 10.5 Å². The lowest BCUT2D eigenvalue weighted by Crippen LogP contribution is -2.48. The zero-order chi connectivity index (χ0) is 21.8. The lowest BCUT2D eigenvalue weighted by Gasteiger charge is -2.35. The van der Waals surface area contributed by atoms with Crippen LogP contribution in [0.3, 0.4) is 0 Å². The lowest BCUT2D eigenvalue weighted by atomic mass is 9.92. The molecule has 29 heavy (non-hydrogen) atoms. The Morgan fingerprint density at radius 1 is 1.21 bits per heavy atom. The number of methoxy groups -OCH3 is 1. The van der Waals surface area contributed by atoms with E-state index in [0.29, 0.717) is 29.9 Å². The number of amides is 3. The molecular weight excluding hydrogens is 370 g/mol. The van der Waals surface area contributed by atoms with Crippen molar-refractivity contribution < 1.29 is 19.1 Å². The number of hydrogen-bond donors (Lipinski definition) is 2. The van der Waals surface area contributed by atoms with Crippen molar-refractivity contribution in [3.05, 3.63) is 41.1 Å². The van der Waals surface area contributed by atoms with Crippen LogP contribution in [-0.2, 0) is 14.3 Å². The van der Waals surface area contributed by atoms with E-state index in [4.69, 9.17) is 4.74 Å². The van der Waals surface area contributed by atoms with E-state index >= 15 is 0 Å². The third-order valence-corrected chi connectivity index (χ3v) is 4.67. The molecule has 2 rings (SSSR count). The van der Waals surface area contributed by atoms with Crippen molar-refractivity contribution in [3.63, 3.8) is 0 Å². The number of ether oxygens (including phenoxy) is 1. The fraction of sp³-hybridized carbons (Fsp3) is 0.500. The summed E-state index contributed by atoms with van der Waals surface area (Å²) in [6, 6.07) is 6.27. The topological polar surface area (TPSA) is 87.7 Å². The van der Waals surface area contributed by atoms with E-state index in [9.17, 15) is 14.4 Å². The molecule has 0 bridgehead atoms. The van der Waals surface area contributed by atoms with Gasteiger partial charge in [-0.05, 0) is 36.5 Å². The van der Waals surface area contributed by atoms with Crippen LogP contribution in [0.25, 0.3) is 0 Å². The Labute approximate surface area is 172 Å². The number of allylic oxidation sites excluding steroid dienone is 1. The van der Waals surface area contributed by atoms with Crippen molar-refractivity contribution in [2.75, 3.05) is 19.0 Å². The number of esters is 1. The molecule has 0 radical (unpaired) electrons. The highest BCUT2D eigenvalue weighted by Gasteiger charge is 2.35. The second kappa shape index (κ2) is 9.11. The van der Waals surface area contributed by atoms with E-state index in [-0.39, 0.29) is 17.4 Å². The molecule has 1 aromatic carbocycles. The van der Waals surface area contributed by atoms with Crippen molar-refractivity contribution in [2.45, 2.75) is 53.5 Å². The molecule has 0 spiro atoms. The largest absolute Gasteiger partial charge is 0.466 e. The Balaban J connectivity index is 2.29. The Bertz CT molecular complexity index is 806. The van der Waals surface area contributed by atoms with Crippen molar-refractivity contribution in [1.29, 1.82) is 0 Å². The summed E-state index contributed by atoms with van der Waals surface area (Å²) in [4.78, 5) is 38.7. The molecule has 7 nitrogen and oxygen atoms in total. The molecule has 1 unspecified atom stereocenters. The van der Waals surface area contributed by atoms with Crippen molar-refractivity contribution in [1.82, 2.24) is 10.2 Å². The first kappa shape index (κ1) is 22.5. The van der Waals surface area contributed by atoms with Crippen LogP contribution in [0.5, 0.6) is 0 Å². The standard InChI is InChI=1S/C22H31N3O4/c1-7-12-25-14(2)18(20(27)29-6)19(24-21(25)28)15-8-10-16(11-9-15)23-17(26)13-22(3,4)5/h8-11,19H,7,12-13H2,1-6H3,(H,23,26)(H,24,28). The Hall–Kier alpha value is -2.83. The number of rotatable bonds is 6. The van der Waals surface area contributed by atoms with Crippen LogP contribution in [-0.4, -0.2) is 36.5 Å². The quantitative estimate of drug-likeness (QED) is 0.706. The maximum atomic E-state index is 12.6. The van der Waals surface area contributed by atoms with Crippen LogP contribution in [0, 0.1) is 5.41 Å². The number of carbonyl (C=O) groups is 3. The molecule has 1 atom stereocenters. The lowest BCUT2D eigenvalue weighted by molar-refractivity contribution is -0.136. The summed E-state index contributed by atoms with van der Waals surface area (Å²) in [5.74, 6) is -0.534. The van der Waals surface area contributed by atoms with Gasteiger partial charge < -0.3 is 15.4 Å². The van der Waals surface area contributed by atoms with Gasteiger partial charge in [-0.3, -0.25) is 9.69 Å². The van der Waals surface area contributed by atoms with Gasteiger partial charge in [0.15, 0.2) is 0 Å². The first-order chi connectivity index (χ1) is 13.6. The van der Waals surface area contributed by atoms with Crippen LogP contribution in [0.15, 0.2) is 35.5 Å². The smallest absolute Gasteiger partial charge is 0.337 e. The van der Waals surface area contributed by atoms with E-state index in [1.165, 1.54) is 7.11 Å². The summed E-state index contributed by atoms with van der Waals surface area (Å²) < 4.78 is 4.96. The summed E-state index contributed by atoms with van der Waals surface area (Å²) in [7, 11) is 1.33. The van der Waals surface area contributed by atoms with Crippen LogP contribution in [0.2, 0.25) is 0 Å². The number of nitrogens with one attached hydrogen (secondary N) is 2. The molecule has 3 amide bonds. The molecule has 0 aliphatic carbocycles. The third-order valence-electron chi connectivity index (χ3n) is 4.67. The normalized spacial score (nSPS) is 17.1. The average molecular weight is 402 g/mol. The minimum Gasteiger partial charge on any atom is -0.466 e. The van der Waals surface area contributed by atoms with Gasteiger partial charge in [-0.2, -0.15) is 0 Å². The molecule has 0 saturated heterocycles. The molecule has 0 fully saturated rings. The predicted molar refractivity (Wildman–Crippen MR) is 112 cm³/mol. The number of benzene rings is 1. The van der Waals surface area contributed by atoms with E-state index in [2.05, 4.69) is 10.6 Å². The second-order valence-electron chi connectivity index (χ2n) is 8.43. The highest BCUT2D eigenvalue weighted by atomic mass is 16.5. The van der Waals surface area contributed by atoms with Gasteiger partial charge in [0.1, 0.15) is 0 Å². The molecule has 0 saturated carbocycles. The number of anilines is 1. The minimum atomic E-state index is -0.609. The Morgan fingerprint density at radius 2 is 1.83 bits per heavy atom. The molecule has 1 aromatic rings. The maximum absolute atomic E-state index is 12.6. The van der Waals surface area contributed by atoms with E-state index in [1.807, 2.05) is 27.7 Å². The number of urea groups is 1. The Kier molecular flexibility index (Phi) is 7.06. The molecule has 2 N–H and O–H groups in total. The van der Waals surface area contributed by atoms with Crippen molar-refractivity contribution in [2.24, 2.45) is 5.41 Å². The van der Waals surface area contributed by atoms with Gasteiger partial charge in [-0.1, -0.05) is 39.8 Å². The zero-order valence-corrected chi connectivity index (χ0v) is 18.1. The van der Waals surface area contributed by atoms with E-state index < -0.39 is 12.0 Å². The second-order valence-corrected chi connectivity index (χ2v) is 8.43. The number of nitrogens with zero attached hydrogens (tertiary/aromatic N) is 1. The first-order valence-electron chi connectivity index (χ1n) is 9.84. The molecule has 1 heterocycles. The summed E-state index contributed by atoms with van der Waals surface area (Å²) in [6.07, 6.45) is 1.18. The highest BCUT2D eigenvalue weighted by Crippen LogP contribution is 2.32. The zero-order valence-electron chi connectivity index (χ0n) is 18.1. The summed E-state index contributed by atoms with van der Waals surface area (Å²) >= 11 is 0. The summed E-state index contributed by atoms with van der Waals surface area (Å²) in [5, 5.41) is 5.77. The van der Waals surface area contributed by atoms with Gasteiger partial charge in [0.2, 0.25) is 5.91 Å². The van der Waals surface area contributed by atoms with Gasteiger partial charge >= 0.3 is 12.0 Å². The van der Waals surface area contributed by atoms with Crippen LogP contribution >= 0.6 is 0 Å². The molecule has 158 valence electrons. The predicted octanol–water partition coefficient (Wildman–Crippen LogP) is 3.98. The fourth-order valence-corrected chi connectivity index (χ4v) is 3.34. The molecular formula is C22H31N3O4. The first-order valence-corrected chi connectivity index (χ1v) is 9.84. The number of carbonyl (C=O) groups excluding carboxylic acids is 3. The maximum Gasteiger partial charge on any atom is 0.337 e. The third kappa shape index (κ3) is 5.59. The minimum absolute atomic E-state index is 0.0579. The van der Waals surface area contributed by atoms with Crippen LogP contribution < -0.4 is 10.6 Å². The number of hydrogen-bond acceptors (Lipinski definition) is 4. The average Bonchev–Trinajstić information content (AvgIpc) is 2.63. The van der Waals surface area contributed by atoms with Gasteiger partial charge in [0, 0.05) is 24.4 Å². The Morgan fingerprint density at radius 3 is 2.34 bits per heavy atom. The molecule has 7 heteroatoms. The SMILES string of the molecule is CCCN1C(=O)NC(c2ccc(NC(=O)CC(C)(C)C)cc2)C(C(=O)OC)=C1C. The molecule has 0 aromatic heterocycles.